The van der Waals surface area contributed by atoms with Crippen molar-refractivity contribution in [2.24, 2.45) is 0 Å². The number of alkyl halides is 3. The Hall–Kier alpha value is -0.0731. The molecular formula is C9H20F3N2Si. The van der Waals surface area contributed by atoms with E-state index in [0.717, 1.165) is 0 Å². The summed E-state index contributed by atoms with van der Waals surface area (Å²) in [5, 5.41) is 0. The lowest BCUT2D eigenvalue weighted by atomic mass is 10.3. The molecule has 0 aromatic heterocycles. The second-order valence-corrected chi connectivity index (χ2v) is 5.67. The van der Waals surface area contributed by atoms with Gasteiger partial charge in [-0.15, -0.1) is 0 Å². The molecule has 0 heterocycles. The van der Waals surface area contributed by atoms with E-state index >= 15 is 0 Å². The van der Waals surface area contributed by atoms with E-state index in [2.05, 4.69) is 9.96 Å². The van der Waals surface area contributed by atoms with Gasteiger partial charge in [-0.25, -0.2) is 0 Å². The summed E-state index contributed by atoms with van der Waals surface area (Å²) < 4.78 is 37.9. The van der Waals surface area contributed by atoms with Crippen molar-refractivity contribution >= 4 is 9.12 Å². The zero-order chi connectivity index (χ0) is 12.1. The van der Waals surface area contributed by atoms with E-state index in [9.17, 15) is 13.2 Å². The summed E-state index contributed by atoms with van der Waals surface area (Å²) in [6.45, 7) is 7.29. The lowest BCUT2D eigenvalue weighted by molar-refractivity contribution is -0.0562. The van der Waals surface area contributed by atoms with Crippen molar-refractivity contribution in [2.75, 3.05) is 0 Å². The second kappa shape index (κ2) is 6.50. The third-order valence-electron chi connectivity index (χ3n) is 2.29. The van der Waals surface area contributed by atoms with Gasteiger partial charge in [0.25, 0.3) is 0 Å². The van der Waals surface area contributed by atoms with Gasteiger partial charge in [-0.05, 0) is 24.9 Å². The minimum absolute atomic E-state index is 0.0999. The maximum absolute atomic E-state index is 12.6. The molecule has 0 aliphatic heterocycles. The number of halogens is 3. The smallest absolute Gasteiger partial charge is 0.316 e. The molecule has 0 saturated heterocycles. The van der Waals surface area contributed by atoms with Gasteiger partial charge in [-0.2, -0.15) is 13.2 Å². The highest BCUT2D eigenvalue weighted by Gasteiger charge is 2.44. The van der Waals surface area contributed by atoms with E-state index in [4.69, 9.17) is 0 Å². The Morgan fingerprint density at radius 2 is 1.33 bits per heavy atom. The fourth-order valence-corrected chi connectivity index (χ4v) is 2.71. The fraction of sp³-hybridized carbons (Fsp3) is 1.00. The molecule has 2 nitrogen and oxygen atoms in total. The second-order valence-electron chi connectivity index (χ2n) is 3.78. The van der Waals surface area contributed by atoms with Crippen LogP contribution in [0.4, 0.5) is 13.2 Å². The Morgan fingerprint density at radius 1 is 1.00 bits per heavy atom. The van der Waals surface area contributed by atoms with Crippen LogP contribution in [0, 0.1) is 0 Å². The van der Waals surface area contributed by atoms with Crippen LogP contribution >= 0.6 is 0 Å². The molecule has 0 amide bonds. The molecule has 0 saturated carbocycles. The molecule has 0 rings (SSSR count). The van der Waals surface area contributed by atoms with Crippen molar-refractivity contribution in [3.05, 3.63) is 0 Å². The summed E-state index contributed by atoms with van der Waals surface area (Å²) in [6, 6.07) is -0.200. The maximum atomic E-state index is 12.6. The predicted molar refractivity (Wildman–Crippen MR) is 57.6 cm³/mol. The van der Waals surface area contributed by atoms with Crippen LogP contribution in [0.3, 0.4) is 0 Å². The van der Waals surface area contributed by atoms with Gasteiger partial charge in [-0.1, -0.05) is 27.7 Å². The molecule has 2 atom stereocenters. The van der Waals surface area contributed by atoms with E-state index in [1.807, 2.05) is 13.8 Å². The average Bonchev–Trinajstić information content (AvgIpc) is 2.14. The Bertz CT molecular complexity index is 163. The Labute approximate surface area is 91.4 Å². The summed E-state index contributed by atoms with van der Waals surface area (Å²) in [7, 11) is -2.68. The van der Waals surface area contributed by atoms with Gasteiger partial charge < -0.3 is 9.96 Å². The molecule has 0 spiro atoms. The van der Waals surface area contributed by atoms with E-state index < -0.39 is 14.9 Å². The number of rotatable bonds is 6. The van der Waals surface area contributed by atoms with Crippen molar-refractivity contribution in [2.45, 2.75) is 58.4 Å². The highest BCUT2D eigenvalue weighted by atomic mass is 28.3. The van der Waals surface area contributed by atoms with Crippen molar-refractivity contribution in [1.29, 1.82) is 0 Å². The molecular weight excluding hydrogens is 221 g/mol. The largest absolute Gasteiger partial charge is 0.392 e. The fourth-order valence-electron chi connectivity index (χ4n) is 0.902. The monoisotopic (exact) mass is 241 g/mol. The minimum atomic E-state index is -4.14. The third kappa shape index (κ3) is 6.16. The molecule has 0 bridgehead atoms. The SMILES string of the molecule is CCC(C)N[Si](NC(C)CC)C(F)(F)F. The molecule has 15 heavy (non-hydrogen) atoms. The molecule has 0 aromatic rings. The van der Waals surface area contributed by atoms with Gasteiger partial charge in [0.2, 0.25) is 0 Å². The van der Waals surface area contributed by atoms with Crippen molar-refractivity contribution in [1.82, 2.24) is 9.96 Å². The standard InChI is InChI=1S/C9H20F3N2Si/c1-5-7(3)13-15(9(10,11)12)14-8(4)6-2/h7-8,13-14H,5-6H2,1-4H3. The number of hydrogen-bond donors (Lipinski definition) is 2. The minimum Gasteiger partial charge on any atom is -0.316 e. The topological polar surface area (TPSA) is 24.1 Å². The first kappa shape index (κ1) is 14.9. The van der Waals surface area contributed by atoms with Crippen molar-refractivity contribution < 1.29 is 13.2 Å². The molecule has 2 unspecified atom stereocenters. The first-order valence-electron chi connectivity index (χ1n) is 5.28. The molecule has 0 aliphatic rings. The van der Waals surface area contributed by atoms with Crippen LogP contribution in [0.15, 0.2) is 0 Å². The highest BCUT2D eigenvalue weighted by molar-refractivity contribution is 6.55. The molecule has 0 fully saturated rings. The average molecular weight is 241 g/mol. The maximum Gasteiger partial charge on any atom is 0.392 e. The Kier molecular flexibility index (Phi) is 6.46. The van der Waals surface area contributed by atoms with Crippen LogP contribution in [0.2, 0.25) is 0 Å². The van der Waals surface area contributed by atoms with E-state index in [-0.39, 0.29) is 12.1 Å². The van der Waals surface area contributed by atoms with Crippen LogP contribution < -0.4 is 9.96 Å². The van der Waals surface area contributed by atoms with Crippen LogP contribution in [0.25, 0.3) is 0 Å². The number of hydrogen-bond acceptors (Lipinski definition) is 2. The quantitative estimate of drug-likeness (QED) is 0.698. The van der Waals surface area contributed by atoms with Gasteiger partial charge in [-0.3, -0.25) is 0 Å². The van der Waals surface area contributed by atoms with Crippen LogP contribution in [0.5, 0.6) is 0 Å². The molecule has 0 aromatic carbocycles. The molecule has 2 N–H and O–H groups in total. The normalized spacial score (nSPS) is 16.8. The van der Waals surface area contributed by atoms with Crippen LogP contribution in [-0.2, 0) is 0 Å². The summed E-state index contributed by atoms with van der Waals surface area (Å²) >= 11 is 0. The molecule has 1 radical (unpaired) electrons. The number of nitrogens with one attached hydrogen (secondary N) is 2. The zero-order valence-corrected chi connectivity index (χ0v) is 10.7. The Morgan fingerprint density at radius 3 is 1.53 bits per heavy atom. The van der Waals surface area contributed by atoms with Gasteiger partial charge in [0, 0.05) is 0 Å². The van der Waals surface area contributed by atoms with Crippen LogP contribution in [0.1, 0.15) is 40.5 Å². The van der Waals surface area contributed by atoms with Crippen LogP contribution in [-0.4, -0.2) is 27.0 Å². The zero-order valence-electron chi connectivity index (χ0n) is 9.70. The summed E-state index contributed by atoms with van der Waals surface area (Å²) in [6.07, 6.45) is 1.40. The van der Waals surface area contributed by atoms with Crippen molar-refractivity contribution in [3.63, 3.8) is 0 Å². The summed E-state index contributed by atoms with van der Waals surface area (Å²) in [5.41, 5.74) is 0. The Balaban J connectivity index is 4.32. The highest BCUT2D eigenvalue weighted by Crippen LogP contribution is 2.17. The predicted octanol–water partition coefficient (Wildman–Crippen LogP) is 2.35. The van der Waals surface area contributed by atoms with Gasteiger partial charge >= 0.3 is 14.9 Å². The van der Waals surface area contributed by atoms with Gasteiger partial charge in [0.05, 0.1) is 0 Å². The first-order valence-corrected chi connectivity index (χ1v) is 6.78. The lowest BCUT2D eigenvalue weighted by Gasteiger charge is -2.25. The van der Waals surface area contributed by atoms with Crippen molar-refractivity contribution in [3.8, 4) is 0 Å². The van der Waals surface area contributed by atoms with E-state index in [1.54, 1.807) is 13.8 Å². The molecule has 0 aliphatic carbocycles. The molecule has 6 heteroatoms. The van der Waals surface area contributed by atoms with E-state index in [1.165, 1.54) is 0 Å². The van der Waals surface area contributed by atoms with E-state index in [0.29, 0.717) is 12.8 Å². The summed E-state index contributed by atoms with van der Waals surface area (Å²) in [4.78, 5) is 5.28. The third-order valence-corrected chi connectivity index (χ3v) is 4.42. The first-order chi connectivity index (χ1) is 6.81. The van der Waals surface area contributed by atoms with Gasteiger partial charge in [0.1, 0.15) is 0 Å². The summed E-state index contributed by atoms with van der Waals surface area (Å²) in [5.74, 6) is -4.14. The molecule has 91 valence electrons. The lowest BCUT2D eigenvalue weighted by Crippen LogP contribution is -2.62. The van der Waals surface area contributed by atoms with Gasteiger partial charge in [0.15, 0.2) is 0 Å².